The summed E-state index contributed by atoms with van der Waals surface area (Å²) in [5, 5.41) is 8.91. The van der Waals surface area contributed by atoms with Crippen LogP contribution in [0.1, 0.15) is 18.1 Å². The molecule has 0 aliphatic carbocycles. The zero-order valence-electron chi connectivity index (χ0n) is 11.9. The minimum Gasteiger partial charge on any atom is -0.494 e. The van der Waals surface area contributed by atoms with Crippen molar-refractivity contribution in [2.45, 2.75) is 20.0 Å². The van der Waals surface area contributed by atoms with Crippen molar-refractivity contribution < 1.29 is 19.4 Å². The van der Waals surface area contributed by atoms with Gasteiger partial charge in [0, 0.05) is 6.07 Å². The lowest BCUT2D eigenvalue weighted by molar-refractivity contribution is -0.136. The fourth-order valence-corrected chi connectivity index (χ4v) is 2.02. The SMILES string of the molecule is CCOc1cccc(OCc2ccccc2CC(=O)O)c1. The van der Waals surface area contributed by atoms with Crippen LogP contribution in [-0.4, -0.2) is 17.7 Å². The van der Waals surface area contributed by atoms with Gasteiger partial charge in [0.2, 0.25) is 0 Å². The highest BCUT2D eigenvalue weighted by Gasteiger charge is 2.07. The van der Waals surface area contributed by atoms with Gasteiger partial charge < -0.3 is 14.6 Å². The first-order valence-corrected chi connectivity index (χ1v) is 6.83. The van der Waals surface area contributed by atoms with E-state index in [-0.39, 0.29) is 6.42 Å². The first-order chi connectivity index (χ1) is 10.2. The number of carbonyl (C=O) groups is 1. The van der Waals surface area contributed by atoms with Crippen LogP contribution in [0.15, 0.2) is 48.5 Å². The van der Waals surface area contributed by atoms with Crippen LogP contribution in [0.25, 0.3) is 0 Å². The second-order valence-corrected chi connectivity index (χ2v) is 4.54. The summed E-state index contributed by atoms with van der Waals surface area (Å²) in [7, 11) is 0. The van der Waals surface area contributed by atoms with Crippen molar-refractivity contribution in [3.05, 3.63) is 59.7 Å². The molecule has 0 heterocycles. The molecule has 0 saturated heterocycles. The quantitative estimate of drug-likeness (QED) is 0.848. The lowest BCUT2D eigenvalue weighted by atomic mass is 10.1. The highest BCUT2D eigenvalue weighted by atomic mass is 16.5. The molecule has 4 nitrogen and oxygen atoms in total. The van der Waals surface area contributed by atoms with Crippen LogP contribution in [0.4, 0.5) is 0 Å². The van der Waals surface area contributed by atoms with Crippen molar-refractivity contribution in [2.75, 3.05) is 6.61 Å². The summed E-state index contributed by atoms with van der Waals surface area (Å²) in [6.07, 6.45) is -0.00147. The Bertz CT molecular complexity index is 607. The molecule has 0 aliphatic rings. The van der Waals surface area contributed by atoms with E-state index in [1.54, 1.807) is 0 Å². The minimum atomic E-state index is -0.846. The molecule has 2 aromatic carbocycles. The van der Waals surface area contributed by atoms with Gasteiger partial charge in [0.25, 0.3) is 0 Å². The van der Waals surface area contributed by atoms with Crippen LogP contribution in [0, 0.1) is 0 Å². The molecule has 0 fully saturated rings. The minimum absolute atomic E-state index is 0.00147. The second kappa shape index (κ2) is 7.33. The summed E-state index contributed by atoms with van der Waals surface area (Å²) in [6, 6.07) is 14.8. The van der Waals surface area contributed by atoms with Crippen LogP contribution in [0.5, 0.6) is 11.5 Å². The zero-order chi connectivity index (χ0) is 15.1. The molecule has 4 heteroatoms. The molecule has 0 radical (unpaired) electrons. The molecule has 2 aromatic rings. The summed E-state index contributed by atoms with van der Waals surface area (Å²) in [5.41, 5.74) is 1.65. The van der Waals surface area contributed by atoms with E-state index in [0.717, 1.165) is 16.9 Å². The van der Waals surface area contributed by atoms with Crippen molar-refractivity contribution in [3.8, 4) is 11.5 Å². The summed E-state index contributed by atoms with van der Waals surface area (Å²) >= 11 is 0. The van der Waals surface area contributed by atoms with Gasteiger partial charge in [-0.1, -0.05) is 30.3 Å². The molecule has 0 saturated carbocycles. The number of aliphatic carboxylic acids is 1. The number of ether oxygens (including phenoxy) is 2. The zero-order valence-corrected chi connectivity index (χ0v) is 11.9. The van der Waals surface area contributed by atoms with E-state index in [2.05, 4.69) is 0 Å². The first-order valence-electron chi connectivity index (χ1n) is 6.83. The Labute approximate surface area is 123 Å². The highest BCUT2D eigenvalue weighted by molar-refractivity contribution is 5.70. The largest absolute Gasteiger partial charge is 0.494 e. The van der Waals surface area contributed by atoms with Crippen LogP contribution in [0.2, 0.25) is 0 Å². The Balaban J connectivity index is 2.06. The van der Waals surface area contributed by atoms with Gasteiger partial charge in [-0.25, -0.2) is 0 Å². The third-order valence-electron chi connectivity index (χ3n) is 2.97. The maximum absolute atomic E-state index is 10.9. The van der Waals surface area contributed by atoms with Gasteiger partial charge in [0.15, 0.2) is 0 Å². The Morgan fingerprint density at radius 2 is 1.67 bits per heavy atom. The van der Waals surface area contributed by atoms with Gasteiger partial charge in [-0.3, -0.25) is 4.79 Å². The van der Waals surface area contributed by atoms with E-state index in [9.17, 15) is 4.79 Å². The fraction of sp³-hybridized carbons (Fsp3) is 0.235. The van der Waals surface area contributed by atoms with Gasteiger partial charge in [-0.2, -0.15) is 0 Å². The molecule has 21 heavy (non-hydrogen) atoms. The first kappa shape index (κ1) is 14.9. The van der Waals surface area contributed by atoms with Crippen LogP contribution < -0.4 is 9.47 Å². The van der Waals surface area contributed by atoms with Crippen molar-refractivity contribution in [1.29, 1.82) is 0 Å². The monoisotopic (exact) mass is 286 g/mol. The lowest BCUT2D eigenvalue weighted by Gasteiger charge is -2.11. The maximum Gasteiger partial charge on any atom is 0.307 e. The van der Waals surface area contributed by atoms with Crippen molar-refractivity contribution >= 4 is 5.97 Å². The Morgan fingerprint density at radius 1 is 1.00 bits per heavy atom. The van der Waals surface area contributed by atoms with Gasteiger partial charge in [-0.15, -0.1) is 0 Å². The van der Waals surface area contributed by atoms with Gasteiger partial charge >= 0.3 is 5.97 Å². The van der Waals surface area contributed by atoms with Gasteiger partial charge in [0.05, 0.1) is 13.0 Å². The van der Waals surface area contributed by atoms with E-state index in [1.807, 2.05) is 55.5 Å². The van der Waals surface area contributed by atoms with Gasteiger partial charge in [0.1, 0.15) is 18.1 Å². The summed E-state index contributed by atoms with van der Waals surface area (Å²) in [5.74, 6) is 0.612. The standard InChI is InChI=1S/C17H18O4/c1-2-20-15-8-5-9-16(11-15)21-12-14-7-4-3-6-13(14)10-17(18)19/h3-9,11H,2,10,12H2,1H3,(H,18,19). The normalized spacial score (nSPS) is 10.1. The van der Waals surface area contributed by atoms with Crippen LogP contribution in [-0.2, 0) is 17.8 Å². The molecular formula is C17H18O4. The van der Waals surface area contributed by atoms with E-state index < -0.39 is 5.97 Å². The third kappa shape index (κ3) is 4.53. The Kier molecular flexibility index (Phi) is 5.21. The number of carboxylic acid groups (broad SMARTS) is 1. The van der Waals surface area contributed by atoms with E-state index >= 15 is 0 Å². The summed E-state index contributed by atoms with van der Waals surface area (Å²) < 4.78 is 11.1. The molecule has 1 N–H and O–H groups in total. The number of benzene rings is 2. The molecule has 0 amide bonds. The van der Waals surface area contributed by atoms with Crippen molar-refractivity contribution in [3.63, 3.8) is 0 Å². The molecule has 0 spiro atoms. The van der Waals surface area contributed by atoms with Crippen LogP contribution in [0.3, 0.4) is 0 Å². The number of hydrogen-bond donors (Lipinski definition) is 1. The average molecular weight is 286 g/mol. The topological polar surface area (TPSA) is 55.8 Å². The molecule has 2 rings (SSSR count). The smallest absolute Gasteiger partial charge is 0.307 e. The molecule has 0 bridgehead atoms. The Hall–Kier alpha value is -2.49. The van der Waals surface area contributed by atoms with Crippen LogP contribution >= 0.6 is 0 Å². The predicted molar refractivity (Wildman–Crippen MR) is 79.7 cm³/mol. The molecule has 110 valence electrons. The highest BCUT2D eigenvalue weighted by Crippen LogP contribution is 2.21. The van der Waals surface area contributed by atoms with E-state index in [1.165, 1.54) is 0 Å². The maximum atomic E-state index is 10.9. The molecule has 0 aliphatic heterocycles. The number of rotatable bonds is 7. The second-order valence-electron chi connectivity index (χ2n) is 4.54. The molecule has 0 unspecified atom stereocenters. The average Bonchev–Trinajstić information content (AvgIpc) is 2.47. The molecular weight excluding hydrogens is 268 g/mol. The lowest BCUT2D eigenvalue weighted by Crippen LogP contribution is -2.05. The number of carboxylic acids is 1. The molecule has 0 aromatic heterocycles. The summed E-state index contributed by atoms with van der Waals surface area (Å²) in [4.78, 5) is 10.9. The molecule has 0 atom stereocenters. The fourth-order valence-electron chi connectivity index (χ4n) is 2.02. The van der Waals surface area contributed by atoms with E-state index in [0.29, 0.717) is 19.0 Å². The van der Waals surface area contributed by atoms with Crippen molar-refractivity contribution in [2.24, 2.45) is 0 Å². The van der Waals surface area contributed by atoms with Crippen molar-refractivity contribution in [1.82, 2.24) is 0 Å². The summed E-state index contributed by atoms with van der Waals surface area (Å²) in [6.45, 7) is 2.86. The predicted octanol–water partition coefficient (Wildman–Crippen LogP) is 3.29. The van der Waals surface area contributed by atoms with Gasteiger partial charge in [-0.05, 0) is 30.2 Å². The Morgan fingerprint density at radius 3 is 2.33 bits per heavy atom. The third-order valence-corrected chi connectivity index (χ3v) is 2.97. The van der Waals surface area contributed by atoms with E-state index in [4.69, 9.17) is 14.6 Å². The number of hydrogen-bond acceptors (Lipinski definition) is 3.